The number of nitrogen functional groups attached to an aromatic ring is 1. The zero-order chi connectivity index (χ0) is 13.9. The van der Waals surface area contributed by atoms with Gasteiger partial charge in [0.2, 0.25) is 0 Å². The quantitative estimate of drug-likeness (QED) is 0.733. The Balaban J connectivity index is 3.29. The molecule has 0 fully saturated rings. The predicted octanol–water partition coefficient (Wildman–Crippen LogP) is 2.78. The van der Waals surface area contributed by atoms with Gasteiger partial charge in [0, 0.05) is 6.07 Å². The molecule has 0 aliphatic heterocycles. The van der Waals surface area contributed by atoms with E-state index in [-0.39, 0.29) is 18.0 Å². The van der Waals surface area contributed by atoms with Gasteiger partial charge in [0.1, 0.15) is 5.75 Å². The van der Waals surface area contributed by atoms with Gasteiger partial charge in [0.05, 0.1) is 23.5 Å². The number of carbonyl (C=O) groups is 1. The topological polar surface area (TPSA) is 84.6 Å². The van der Waals surface area contributed by atoms with Crippen LogP contribution in [-0.2, 0) is 6.18 Å². The highest BCUT2D eigenvalue weighted by Crippen LogP contribution is 2.40. The van der Waals surface area contributed by atoms with E-state index in [2.05, 4.69) is 0 Å². The Morgan fingerprint density at radius 2 is 2.11 bits per heavy atom. The highest BCUT2D eigenvalue weighted by atomic mass is 19.4. The van der Waals surface area contributed by atoms with E-state index < -0.39 is 23.6 Å². The SMILES string of the molecule is CCOc1cc(NC(=O)O)c(N)cc1C(F)(F)F. The van der Waals surface area contributed by atoms with Crippen LogP contribution in [0.5, 0.6) is 5.75 Å². The molecule has 0 atom stereocenters. The van der Waals surface area contributed by atoms with Crippen molar-refractivity contribution in [3.63, 3.8) is 0 Å². The van der Waals surface area contributed by atoms with Crippen LogP contribution in [0.1, 0.15) is 12.5 Å². The number of anilines is 2. The zero-order valence-electron chi connectivity index (χ0n) is 9.34. The van der Waals surface area contributed by atoms with Gasteiger partial charge >= 0.3 is 12.3 Å². The largest absolute Gasteiger partial charge is 0.493 e. The van der Waals surface area contributed by atoms with Crippen molar-refractivity contribution in [2.24, 2.45) is 0 Å². The molecule has 0 heterocycles. The lowest BCUT2D eigenvalue weighted by Crippen LogP contribution is -2.13. The van der Waals surface area contributed by atoms with Crippen LogP contribution in [0.4, 0.5) is 29.3 Å². The van der Waals surface area contributed by atoms with E-state index in [1.165, 1.54) is 6.92 Å². The maximum Gasteiger partial charge on any atom is 0.420 e. The van der Waals surface area contributed by atoms with Crippen molar-refractivity contribution in [3.05, 3.63) is 17.7 Å². The lowest BCUT2D eigenvalue weighted by atomic mass is 10.1. The molecular weight excluding hydrogens is 253 g/mol. The molecule has 0 aliphatic rings. The smallest absolute Gasteiger partial charge is 0.420 e. The number of amides is 1. The van der Waals surface area contributed by atoms with Gasteiger partial charge in [0.15, 0.2) is 0 Å². The number of nitrogens with two attached hydrogens (primary N) is 1. The zero-order valence-corrected chi connectivity index (χ0v) is 9.34. The van der Waals surface area contributed by atoms with Crippen molar-refractivity contribution >= 4 is 17.5 Å². The van der Waals surface area contributed by atoms with Gasteiger partial charge in [-0.3, -0.25) is 5.32 Å². The summed E-state index contributed by atoms with van der Waals surface area (Å²) in [5.41, 5.74) is 3.83. The lowest BCUT2D eigenvalue weighted by Gasteiger charge is -2.16. The van der Waals surface area contributed by atoms with Gasteiger partial charge in [0.25, 0.3) is 0 Å². The van der Waals surface area contributed by atoms with Crippen LogP contribution in [0, 0.1) is 0 Å². The van der Waals surface area contributed by atoms with Gasteiger partial charge < -0.3 is 15.6 Å². The molecule has 0 radical (unpaired) electrons. The summed E-state index contributed by atoms with van der Waals surface area (Å²) in [5, 5.41) is 10.4. The van der Waals surface area contributed by atoms with E-state index in [9.17, 15) is 18.0 Å². The van der Waals surface area contributed by atoms with E-state index in [0.29, 0.717) is 6.07 Å². The van der Waals surface area contributed by atoms with Gasteiger partial charge in [-0.05, 0) is 13.0 Å². The second-order valence-corrected chi connectivity index (χ2v) is 3.30. The van der Waals surface area contributed by atoms with Crippen LogP contribution in [0.25, 0.3) is 0 Å². The average molecular weight is 264 g/mol. The molecule has 5 nitrogen and oxygen atoms in total. The number of rotatable bonds is 3. The number of alkyl halides is 3. The predicted molar refractivity (Wildman–Crippen MR) is 58.7 cm³/mol. The number of hydrogen-bond acceptors (Lipinski definition) is 3. The summed E-state index contributed by atoms with van der Waals surface area (Å²) in [4.78, 5) is 10.4. The molecule has 0 unspecified atom stereocenters. The van der Waals surface area contributed by atoms with Crippen molar-refractivity contribution in [3.8, 4) is 5.75 Å². The van der Waals surface area contributed by atoms with Crippen molar-refractivity contribution in [2.75, 3.05) is 17.7 Å². The van der Waals surface area contributed by atoms with E-state index in [1.54, 1.807) is 0 Å². The molecule has 0 spiro atoms. The first kappa shape index (κ1) is 13.9. The van der Waals surface area contributed by atoms with Crippen molar-refractivity contribution in [1.82, 2.24) is 0 Å². The normalized spacial score (nSPS) is 11.1. The van der Waals surface area contributed by atoms with Crippen LogP contribution < -0.4 is 15.8 Å². The summed E-state index contributed by atoms with van der Waals surface area (Å²) in [6.07, 6.45) is -6.05. The van der Waals surface area contributed by atoms with Crippen molar-refractivity contribution < 1.29 is 27.8 Å². The lowest BCUT2D eigenvalue weighted by molar-refractivity contribution is -0.138. The number of halogens is 3. The Bertz CT molecular complexity index is 460. The molecule has 0 saturated carbocycles. The second-order valence-electron chi connectivity index (χ2n) is 3.30. The fourth-order valence-electron chi connectivity index (χ4n) is 1.32. The molecule has 18 heavy (non-hydrogen) atoms. The maximum atomic E-state index is 12.7. The molecule has 0 bridgehead atoms. The van der Waals surface area contributed by atoms with Crippen molar-refractivity contribution in [1.29, 1.82) is 0 Å². The Morgan fingerprint density at radius 1 is 1.50 bits per heavy atom. The minimum atomic E-state index is -4.62. The van der Waals surface area contributed by atoms with E-state index in [4.69, 9.17) is 15.6 Å². The summed E-state index contributed by atoms with van der Waals surface area (Å²) in [6, 6.07) is 1.55. The highest BCUT2D eigenvalue weighted by Gasteiger charge is 2.35. The molecule has 4 N–H and O–H groups in total. The van der Waals surface area contributed by atoms with Crippen LogP contribution in [-0.4, -0.2) is 17.8 Å². The molecule has 1 aromatic rings. The molecule has 1 aromatic carbocycles. The number of ether oxygens (including phenoxy) is 1. The van der Waals surface area contributed by atoms with E-state index in [1.807, 2.05) is 5.32 Å². The van der Waals surface area contributed by atoms with Crippen LogP contribution in [0.15, 0.2) is 12.1 Å². The fourth-order valence-corrected chi connectivity index (χ4v) is 1.32. The number of nitrogens with one attached hydrogen (secondary N) is 1. The maximum absolute atomic E-state index is 12.7. The van der Waals surface area contributed by atoms with Crippen LogP contribution >= 0.6 is 0 Å². The summed E-state index contributed by atoms with van der Waals surface area (Å²) in [6.45, 7) is 1.53. The molecule has 100 valence electrons. The monoisotopic (exact) mass is 264 g/mol. The summed E-state index contributed by atoms with van der Waals surface area (Å²) >= 11 is 0. The van der Waals surface area contributed by atoms with Crippen molar-refractivity contribution in [2.45, 2.75) is 13.1 Å². The Labute approximate surface area is 100 Å². The molecule has 8 heteroatoms. The highest BCUT2D eigenvalue weighted by molar-refractivity contribution is 5.88. The van der Waals surface area contributed by atoms with Gasteiger partial charge in [-0.2, -0.15) is 13.2 Å². The molecule has 0 saturated heterocycles. The first-order chi connectivity index (χ1) is 8.25. The molecule has 0 aliphatic carbocycles. The van der Waals surface area contributed by atoms with E-state index >= 15 is 0 Å². The third kappa shape index (κ3) is 3.19. The molecule has 1 amide bonds. The third-order valence-electron chi connectivity index (χ3n) is 2.00. The minimum Gasteiger partial charge on any atom is -0.493 e. The third-order valence-corrected chi connectivity index (χ3v) is 2.00. The molecular formula is C10H11F3N2O3. The number of benzene rings is 1. The summed E-state index contributed by atoms with van der Waals surface area (Å²) < 4.78 is 42.9. The van der Waals surface area contributed by atoms with Gasteiger partial charge in [-0.25, -0.2) is 4.79 Å². The number of carboxylic acid groups (broad SMARTS) is 1. The molecule has 0 aromatic heterocycles. The van der Waals surface area contributed by atoms with Gasteiger partial charge in [-0.15, -0.1) is 0 Å². The van der Waals surface area contributed by atoms with E-state index in [0.717, 1.165) is 6.07 Å². The Morgan fingerprint density at radius 3 is 2.56 bits per heavy atom. The summed E-state index contributed by atoms with van der Waals surface area (Å²) in [5.74, 6) is -0.469. The first-order valence-corrected chi connectivity index (χ1v) is 4.89. The number of hydrogen-bond donors (Lipinski definition) is 3. The van der Waals surface area contributed by atoms with Crippen LogP contribution in [0.2, 0.25) is 0 Å². The fraction of sp³-hybridized carbons (Fsp3) is 0.300. The second kappa shape index (κ2) is 5.03. The first-order valence-electron chi connectivity index (χ1n) is 4.89. The van der Waals surface area contributed by atoms with Gasteiger partial charge in [-0.1, -0.05) is 0 Å². The molecule has 1 rings (SSSR count). The Hall–Kier alpha value is -2.12. The standard InChI is InChI=1S/C10H11F3N2O3/c1-2-18-8-4-7(15-9(16)17)6(14)3-5(8)10(11,12)13/h3-4,15H,2,14H2,1H3,(H,16,17). The van der Waals surface area contributed by atoms with Crippen LogP contribution in [0.3, 0.4) is 0 Å². The summed E-state index contributed by atoms with van der Waals surface area (Å²) in [7, 11) is 0. The Kier molecular flexibility index (Phi) is 3.89. The average Bonchev–Trinajstić information content (AvgIpc) is 2.20. The minimum absolute atomic E-state index is 0.0134.